The third-order valence-electron chi connectivity index (χ3n) is 3.10. The Balaban J connectivity index is 0. The van der Waals surface area contributed by atoms with E-state index in [0.29, 0.717) is 12.2 Å². The summed E-state index contributed by atoms with van der Waals surface area (Å²) in [6, 6.07) is 5.48. The monoisotopic (exact) mass is 418 g/mol. The van der Waals surface area contributed by atoms with Gasteiger partial charge in [0.25, 0.3) is 0 Å². The molecule has 1 aromatic carbocycles. The lowest BCUT2D eigenvalue weighted by Gasteiger charge is -2.23. The molecule has 0 amide bonds. The van der Waals surface area contributed by atoms with Crippen LogP contribution in [0.25, 0.3) is 0 Å². The molecular formula is C17H22O12. The van der Waals surface area contributed by atoms with Gasteiger partial charge in [0, 0.05) is 12.2 Å². The molecule has 1 aromatic rings. The Kier molecular flexibility index (Phi) is 14.1. The minimum atomic E-state index is -1.26. The molecular weight excluding hydrogens is 396 g/mol. The summed E-state index contributed by atoms with van der Waals surface area (Å²) in [6.07, 6.45) is 1.12. The second-order valence-electron chi connectivity index (χ2n) is 5.30. The molecule has 12 heteroatoms. The second-order valence-corrected chi connectivity index (χ2v) is 5.30. The standard InChI is InChI=1S/C8H6O4.C5H12O4.C4H4O4/c9-7(10)5-3-1-2-4-6(5)8(11)12;6-1-5(2-7,3-8)4-9;5-3(6)1-2-4(7)8/h1-4H,(H,9,10)(H,11,12);6-9H,1-4H2;1-2H,(H,5,6)(H,7,8). The number of aliphatic carboxylic acids is 2. The van der Waals surface area contributed by atoms with Gasteiger partial charge in [-0.3, -0.25) is 0 Å². The predicted octanol–water partition coefficient (Wildman–Crippen LogP) is -1.26. The first-order chi connectivity index (χ1) is 13.5. The van der Waals surface area contributed by atoms with Crippen molar-refractivity contribution < 1.29 is 60.0 Å². The number of carbonyl (C=O) groups is 4. The second kappa shape index (κ2) is 14.7. The van der Waals surface area contributed by atoms with Crippen LogP contribution in [-0.2, 0) is 9.59 Å². The van der Waals surface area contributed by atoms with Gasteiger partial charge < -0.3 is 40.9 Å². The topological polar surface area (TPSA) is 230 Å². The summed E-state index contributed by atoms with van der Waals surface area (Å²) in [4.78, 5) is 40.0. The lowest BCUT2D eigenvalue weighted by atomic mass is 9.93. The Morgan fingerprint density at radius 1 is 0.655 bits per heavy atom. The molecule has 0 aromatic heterocycles. The highest BCUT2D eigenvalue weighted by Crippen LogP contribution is 2.11. The molecule has 0 saturated carbocycles. The van der Waals surface area contributed by atoms with Gasteiger partial charge in [0.05, 0.1) is 43.0 Å². The molecule has 0 heterocycles. The van der Waals surface area contributed by atoms with Crippen molar-refractivity contribution in [3.05, 3.63) is 47.5 Å². The lowest BCUT2D eigenvalue weighted by molar-refractivity contribution is -0.134. The van der Waals surface area contributed by atoms with Gasteiger partial charge in [-0.25, -0.2) is 19.2 Å². The molecule has 1 rings (SSSR count). The third-order valence-corrected chi connectivity index (χ3v) is 3.10. The van der Waals surface area contributed by atoms with E-state index < -0.39 is 55.7 Å². The fraction of sp³-hybridized carbons (Fsp3) is 0.294. The summed E-state index contributed by atoms with van der Waals surface area (Å²) < 4.78 is 0. The largest absolute Gasteiger partial charge is 0.478 e. The van der Waals surface area contributed by atoms with Gasteiger partial charge in [0.15, 0.2) is 0 Å². The van der Waals surface area contributed by atoms with Crippen molar-refractivity contribution in [2.75, 3.05) is 26.4 Å². The van der Waals surface area contributed by atoms with Crippen molar-refractivity contribution in [2.24, 2.45) is 5.41 Å². The molecule has 12 nitrogen and oxygen atoms in total. The number of hydrogen-bond acceptors (Lipinski definition) is 8. The van der Waals surface area contributed by atoms with E-state index in [1.54, 1.807) is 0 Å². The Morgan fingerprint density at radius 3 is 1.07 bits per heavy atom. The van der Waals surface area contributed by atoms with Crippen LogP contribution >= 0.6 is 0 Å². The van der Waals surface area contributed by atoms with Crippen LogP contribution in [0.5, 0.6) is 0 Å². The summed E-state index contributed by atoms with van der Waals surface area (Å²) in [5, 5.41) is 66.7. The summed E-state index contributed by atoms with van der Waals surface area (Å²) in [6.45, 7) is -1.62. The molecule has 0 aliphatic heterocycles. The first-order valence-electron chi connectivity index (χ1n) is 7.63. The van der Waals surface area contributed by atoms with Crippen LogP contribution in [0, 0.1) is 5.41 Å². The molecule has 29 heavy (non-hydrogen) atoms. The number of aromatic carboxylic acids is 2. The van der Waals surface area contributed by atoms with Gasteiger partial charge in [0.1, 0.15) is 0 Å². The van der Waals surface area contributed by atoms with Crippen molar-refractivity contribution in [3.8, 4) is 0 Å². The molecule has 0 saturated heterocycles. The van der Waals surface area contributed by atoms with Crippen molar-refractivity contribution in [3.63, 3.8) is 0 Å². The van der Waals surface area contributed by atoms with E-state index in [1.807, 2.05) is 0 Å². The predicted molar refractivity (Wildman–Crippen MR) is 95.5 cm³/mol. The van der Waals surface area contributed by atoms with Crippen LogP contribution in [0.2, 0.25) is 0 Å². The number of benzene rings is 1. The molecule has 0 bridgehead atoms. The zero-order chi connectivity index (χ0) is 23.0. The SMILES string of the molecule is O=C(O)C=CC(=O)O.O=C(O)c1ccccc1C(=O)O.OCC(CO)(CO)CO. The van der Waals surface area contributed by atoms with Crippen LogP contribution in [0.15, 0.2) is 36.4 Å². The lowest BCUT2D eigenvalue weighted by Crippen LogP contribution is -2.37. The molecule has 0 spiro atoms. The van der Waals surface area contributed by atoms with E-state index in [4.69, 9.17) is 40.9 Å². The molecule has 8 N–H and O–H groups in total. The van der Waals surface area contributed by atoms with E-state index >= 15 is 0 Å². The van der Waals surface area contributed by atoms with Crippen molar-refractivity contribution in [1.82, 2.24) is 0 Å². The Bertz CT molecular complexity index is 640. The maximum absolute atomic E-state index is 10.5. The third kappa shape index (κ3) is 11.9. The fourth-order valence-electron chi connectivity index (χ4n) is 1.30. The molecule has 0 unspecified atom stereocenters. The minimum absolute atomic E-state index is 0.190. The normalized spacial score (nSPS) is 10.2. The average molecular weight is 418 g/mol. The van der Waals surface area contributed by atoms with Crippen LogP contribution in [0.3, 0.4) is 0 Å². The smallest absolute Gasteiger partial charge is 0.336 e. The van der Waals surface area contributed by atoms with E-state index in [0.717, 1.165) is 0 Å². The average Bonchev–Trinajstić information content (AvgIpc) is 2.69. The maximum atomic E-state index is 10.5. The van der Waals surface area contributed by atoms with Crippen molar-refractivity contribution in [1.29, 1.82) is 0 Å². The zero-order valence-corrected chi connectivity index (χ0v) is 15.0. The Morgan fingerprint density at radius 2 is 0.931 bits per heavy atom. The minimum Gasteiger partial charge on any atom is -0.478 e. The highest BCUT2D eigenvalue weighted by atomic mass is 16.4. The highest BCUT2D eigenvalue weighted by molar-refractivity contribution is 6.01. The maximum Gasteiger partial charge on any atom is 0.336 e. The van der Waals surface area contributed by atoms with Gasteiger partial charge in [-0.05, 0) is 12.1 Å². The number of carboxylic acid groups (broad SMARTS) is 4. The molecule has 0 aliphatic carbocycles. The number of aliphatic hydroxyl groups excluding tert-OH is 4. The van der Waals surface area contributed by atoms with Gasteiger partial charge in [-0.2, -0.15) is 0 Å². The molecule has 162 valence electrons. The van der Waals surface area contributed by atoms with Gasteiger partial charge >= 0.3 is 23.9 Å². The van der Waals surface area contributed by atoms with E-state index in [1.165, 1.54) is 24.3 Å². The molecule has 0 fully saturated rings. The highest BCUT2D eigenvalue weighted by Gasteiger charge is 2.26. The number of aliphatic hydroxyl groups is 4. The van der Waals surface area contributed by atoms with Gasteiger partial charge in [0.2, 0.25) is 0 Å². The Labute approximate surface area is 164 Å². The number of carboxylic acids is 4. The summed E-state index contributed by atoms with van der Waals surface area (Å²) >= 11 is 0. The van der Waals surface area contributed by atoms with Crippen molar-refractivity contribution >= 4 is 23.9 Å². The Hall–Kier alpha value is -3.32. The summed E-state index contributed by atoms with van der Waals surface area (Å²) in [5.41, 5.74) is -1.49. The zero-order valence-electron chi connectivity index (χ0n) is 15.0. The van der Waals surface area contributed by atoms with Crippen LogP contribution in [-0.4, -0.2) is 91.2 Å². The van der Waals surface area contributed by atoms with Gasteiger partial charge in [-0.1, -0.05) is 12.1 Å². The fourth-order valence-corrected chi connectivity index (χ4v) is 1.30. The number of rotatable bonds is 8. The van der Waals surface area contributed by atoms with E-state index in [2.05, 4.69) is 0 Å². The quantitative estimate of drug-likeness (QED) is 0.231. The first kappa shape index (κ1) is 27.9. The molecule has 0 aliphatic rings. The van der Waals surface area contributed by atoms with E-state index in [-0.39, 0.29) is 11.1 Å². The van der Waals surface area contributed by atoms with Crippen LogP contribution < -0.4 is 0 Å². The van der Waals surface area contributed by atoms with Crippen LogP contribution in [0.1, 0.15) is 20.7 Å². The van der Waals surface area contributed by atoms with E-state index in [9.17, 15) is 19.2 Å². The number of hydrogen-bond donors (Lipinski definition) is 8. The first-order valence-corrected chi connectivity index (χ1v) is 7.63. The summed E-state index contributed by atoms with van der Waals surface area (Å²) in [5.74, 6) is -4.97. The van der Waals surface area contributed by atoms with Gasteiger partial charge in [-0.15, -0.1) is 0 Å². The van der Waals surface area contributed by atoms with Crippen LogP contribution in [0.4, 0.5) is 0 Å². The molecule has 0 atom stereocenters. The van der Waals surface area contributed by atoms with Crippen molar-refractivity contribution in [2.45, 2.75) is 0 Å². The molecule has 0 radical (unpaired) electrons. The summed E-state index contributed by atoms with van der Waals surface area (Å²) in [7, 11) is 0.